The lowest BCUT2D eigenvalue weighted by Crippen LogP contribution is -2.30. The van der Waals surface area contributed by atoms with Gasteiger partial charge in [0.1, 0.15) is 11.6 Å². The molecule has 1 saturated carbocycles. The standard InChI is InChI=1S/C23H27FO2/c1-23(2,3)18-9-13-20(14-10-18)26-19-11-7-16(8-12-19)21-6-4-5-17(15-25)22(21)24/h4-8,11-12,15,18,20H,9-10,13-14H2,1-3H3. The Morgan fingerprint density at radius 1 is 1.00 bits per heavy atom. The molecule has 1 aliphatic rings. The summed E-state index contributed by atoms with van der Waals surface area (Å²) >= 11 is 0. The Hall–Kier alpha value is -2.16. The Morgan fingerprint density at radius 3 is 2.23 bits per heavy atom. The van der Waals surface area contributed by atoms with Crippen LogP contribution < -0.4 is 4.74 Å². The first-order valence-corrected chi connectivity index (χ1v) is 9.39. The summed E-state index contributed by atoms with van der Waals surface area (Å²) in [5, 5.41) is 0. The van der Waals surface area contributed by atoms with Crippen LogP contribution >= 0.6 is 0 Å². The third-order valence-corrected chi connectivity index (χ3v) is 5.52. The van der Waals surface area contributed by atoms with Crippen LogP contribution in [-0.2, 0) is 0 Å². The van der Waals surface area contributed by atoms with Crippen LogP contribution in [0.5, 0.6) is 5.75 Å². The van der Waals surface area contributed by atoms with Crippen molar-refractivity contribution in [3.05, 3.63) is 53.8 Å². The summed E-state index contributed by atoms with van der Waals surface area (Å²) < 4.78 is 20.4. The first-order valence-electron chi connectivity index (χ1n) is 9.39. The summed E-state index contributed by atoms with van der Waals surface area (Å²) in [5.41, 5.74) is 1.63. The minimum Gasteiger partial charge on any atom is -0.490 e. The molecule has 3 rings (SSSR count). The Balaban J connectivity index is 1.65. The average molecular weight is 354 g/mol. The van der Waals surface area contributed by atoms with Crippen molar-refractivity contribution in [3.8, 4) is 16.9 Å². The Morgan fingerprint density at radius 2 is 1.65 bits per heavy atom. The maximum Gasteiger partial charge on any atom is 0.153 e. The van der Waals surface area contributed by atoms with Crippen LogP contribution in [0.1, 0.15) is 56.8 Å². The Bertz CT molecular complexity index is 751. The molecule has 0 N–H and O–H groups in total. The van der Waals surface area contributed by atoms with Crippen LogP contribution in [0.3, 0.4) is 0 Å². The van der Waals surface area contributed by atoms with Crippen LogP contribution in [0.15, 0.2) is 42.5 Å². The number of carbonyl (C=O) groups is 1. The van der Waals surface area contributed by atoms with E-state index in [2.05, 4.69) is 20.8 Å². The van der Waals surface area contributed by atoms with Gasteiger partial charge in [-0.15, -0.1) is 0 Å². The topological polar surface area (TPSA) is 26.3 Å². The highest BCUT2D eigenvalue weighted by molar-refractivity contribution is 5.79. The number of hydrogen-bond acceptors (Lipinski definition) is 2. The largest absolute Gasteiger partial charge is 0.490 e. The molecule has 3 heteroatoms. The van der Waals surface area contributed by atoms with Crippen molar-refractivity contribution in [1.82, 2.24) is 0 Å². The van der Waals surface area contributed by atoms with E-state index in [1.807, 2.05) is 24.3 Å². The van der Waals surface area contributed by atoms with Crippen LogP contribution in [0, 0.1) is 17.2 Å². The van der Waals surface area contributed by atoms with E-state index >= 15 is 0 Å². The van der Waals surface area contributed by atoms with E-state index in [0.717, 1.165) is 30.1 Å². The van der Waals surface area contributed by atoms with E-state index in [1.165, 1.54) is 18.9 Å². The molecule has 0 aromatic heterocycles. The lowest BCUT2D eigenvalue weighted by atomic mass is 9.72. The van der Waals surface area contributed by atoms with E-state index in [1.54, 1.807) is 12.1 Å². The van der Waals surface area contributed by atoms with Gasteiger partial charge < -0.3 is 4.74 Å². The molecule has 0 aliphatic heterocycles. The summed E-state index contributed by atoms with van der Waals surface area (Å²) in [6.07, 6.45) is 5.38. The second-order valence-corrected chi connectivity index (χ2v) is 8.31. The van der Waals surface area contributed by atoms with Gasteiger partial charge in [-0.25, -0.2) is 4.39 Å². The second kappa shape index (κ2) is 7.61. The predicted octanol–water partition coefficient (Wildman–Crippen LogP) is 6.29. The molecule has 1 fully saturated rings. The molecule has 0 atom stereocenters. The molecule has 1 aliphatic carbocycles. The van der Waals surface area contributed by atoms with Crippen LogP contribution in [0.4, 0.5) is 4.39 Å². The Kier molecular flexibility index (Phi) is 5.45. The van der Waals surface area contributed by atoms with Gasteiger partial charge in [0, 0.05) is 5.56 Å². The fourth-order valence-corrected chi connectivity index (χ4v) is 3.82. The zero-order chi connectivity index (χ0) is 18.7. The smallest absolute Gasteiger partial charge is 0.153 e. The van der Waals surface area contributed by atoms with Gasteiger partial charge in [0.05, 0.1) is 11.7 Å². The van der Waals surface area contributed by atoms with Crippen molar-refractivity contribution in [2.24, 2.45) is 11.3 Å². The van der Waals surface area contributed by atoms with Gasteiger partial charge >= 0.3 is 0 Å². The van der Waals surface area contributed by atoms with Crippen molar-refractivity contribution < 1.29 is 13.9 Å². The number of carbonyl (C=O) groups excluding carboxylic acids is 1. The number of hydrogen-bond donors (Lipinski definition) is 0. The van der Waals surface area contributed by atoms with Crippen molar-refractivity contribution in [1.29, 1.82) is 0 Å². The summed E-state index contributed by atoms with van der Waals surface area (Å²) in [6, 6.07) is 12.3. The fraction of sp³-hybridized carbons (Fsp3) is 0.435. The monoisotopic (exact) mass is 354 g/mol. The Labute approximate surface area is 155 Å². The van der Waals surface area contributed by atoms with Gasteiger partial charge in [-0.1, -0.05) is 45.0 Å². The maximum absolute atomic E-state index is 14.3. The van der Waals surface area contributed by atoms with Gasteiger partial charge in [-0.3, -0.25) is 4.79 Å². The number of aldehydes is 1. The van der Waals surface area contributed by atoms with Crippen molar-refractivity contribution in [2.75, 3.05) is 0 Å². The molecule has 0 radical (unpaired) electrons. The van der Waals surface area contributed by atoms with E-state index < -0.39 is 5.82 Å². The van der Waals surface area contributed by atoms with Crippen molar-refractivity contribution in [3.63, 3.8) is 0 Å². The zero-order valence-electron chi connectivity index (χ0n) is 15.8. The third-order valence-electron chi connectivity index (χ3n) is 5.52. The molecule has 0 heterocycles. The molecule has 0 amide bonds. The van der Waals surface area contributed by atoms with Crippen LogP contribution in [-0.4, -0.2) is 12.4 Å². The number of halogens is 1. The molecule has 2 aromatic carbocycles. The quantitative estimate of drug-likeness (QED) is 0.603. The summed E-state index contributed by atoms with van der Waals surface area (Å²) in [6.45, 7) is 6.95. The SMILES string of the molecule is CC(C)(C)C1CCC(Oc2ccc(-c3cccc(C=O)c3F)cc2)CC1. The van der Waals surface area contributed by atoms with Gasteiger partial charge in [0.25, 0.3) is 0 Å². The molecule has 138 valence electrons. The minimum atomic E-state index is -0.475. The number of ether oxygens (including phenoxy) is 1. The molecular weight excluding hydrogens is 327 g/mol. The fourth-order valence-electron chi connectivity index (χ4n) is 3.82. The maximum atomic E-state index is 14.3. The molecule has 0 unspecified atom stereocenters. The minimum absolute atomic E-state index is 0.0819. The zero-order valence-corrected chi connectivity index (χ0v) is 15.8. The predicted molar refractivity (Wildman–Crippen MR) is 103 cm³/mol. The first-order chi connectivity index (χ1) is 12.4. The lowest BCUT2D eigenvalue weighted by molar-refractivity contribution is 0.0882. The lowest BCUT2D eigenvalue weighted by Gasteiger charge is -2.36. The first kappa shape index (κ1) is 18.6. The van der Waals surface area contributed by atoms with Gasteiger partial charge in [-0.2, -0.15) is 0 Å². The number of rotatable bonds is 4. The normalized spacial score (nSPS) is 20.6. The molecule has 0 saturated heterocycles. The molecular formula is C23H27FO2. The average Bonchev–Trinajstić information content (AvgIpc) is 2.62. The molecule has 0 bridgehead atoms. The molecule has 26 heavy (non-hydrogen) atoms. The third kappa shape index (κ3) is 4.14. The van der Waals surface area contributed by atoms with E-state index in [0.29, 0.717) is 17.3 Å². The molecule has 0 spiro atoms. The van der Waals surface area contributed by atoms with E-state index in [-0.39, 0.29) is 11.7 Å². The summed E-state index contributed by atoms with van der Waals surface area (Å²) in [7, 11) is 0. The highest BCUT2D eigenvalue weighted by Gasteiger charge is 2.30. The van der Waals surface area contributed by atoms with Gasteiger partial charge in [-0.05, 0) is 60.8 Å². The van der Waals surface area contributed by atoms with Crippen LogP contribution in [0.2, 0.25) is 0 Å². The molecule has 2 aromatic rings. The van der Waals surface area contributed by atoms with Crippen molar-refractivity contribution in [2.45, 2.75) is 52.6 Å². The van der Waals surface area contributed by atoms with Crippen molar-refractivity contribution >= 4 is 6.29 Å². The second-order valence-electron chi connectivity index (χ2n) is 8.31. The van der Waals surface area contributed by atoms with E-state index in [4.69, 9.17) is 4.74 Å². The molecule has 2 nitrogen and oxygen atoms in total. The summed E-state index contributed by atoms with van der Waals surface area (Å²) in [4.78, 5) is 10.9. The van der Waals surface area contributed by atoms with E-state index in [9.17, 15) is 9.18 Å². The van der Waals surface area contributed by atoms with Crippen LogP contribution in [0.25, 0.3) is 11.1 Å². The van der Waals surface area contributed by atoms with Gasteiger partial charge in [0.2, 0.25) is 0 Å². The highest BCUT2D eigenvalue weighted by atomic mass is 19.1. The van der Waals surface area contributed by atoms with Gasteiger partial charge in [0.15, 0.2) is 6.29 Å². The highest BCUT2D eigenvalue weighted by Crippen LogP contribution is 2.39. The number of benzene rings is 2. The summed E-state index contributed by atoms with van der Waals surface area (Å²) in [5.74, 6) is 1.11.